The lowest BCUT2D eigenvalue weighted by Gasteiger charge is -2.16. The Kier molecular flexibility index (Phi) is 5.06. The van der Waals surface area contributed by atoms with Crippen LogP contribution in [0.5, 0.6) is 5.75 Å². The average molecular weight is 244 g/mol. The molecule has 1 aromatic carbocycles. The van der Waals surface area contributed by atoms with E-state index in [1.165, 1.54) is 0 Å². The van der Waals surface area contributed by atoms with Gasteiger partial charge >= 0.3 is 0 Å². The first kappa shape index (κ1) is 13.3. The number of methoxy groups -OCH3 is 1. The summed E-state index contributed by atoms with van der Waals surface area (Å²) < 4.78 is 5.28. The molecule has 0 saturated carbocycles. The number of aryl methyl sites for hydroxylation is 1. The molecule has 3 nitrogen and oxygen atoms in total. The van der Waals surface area contributed by atoms with Crippen LogP contribution in [0.2, 0.25) is 5.02 Å². The first-order valence-corrected chi connectivity index (χ1v) is 5.68. The molecule has 0 aliphatic carbocycles. The monoisotopic (exact) mass is 243 g/mol. The highest BCUT2D eigenvalue weighted by Gasteiger charge is 2.13. The van der Waals surface area contributed by atoms with Gasteiger partial charge < -0.3 is 15.6 Å². The van der Waals surface area contributed by atoms with Gasteiger partial charge in [0.2, 0.25) is 0 Å². The highest BCUT2D eigenvalue weighted by Crippen LogP contribution is 2.31. The maximum Gasteiger partial charge on any atom is 0.123 e. The Morgan fingerprint density at radius 3 is 2.75 bits per heavy atom. The fraction of sp³-hybridized carbons (Fsp3) is 0.500. The maximum absolute atomic E-state index is 8.77. The van der Waals surface area contributed by atoms with Crippen LogP contribution >= 0.6 is 11.6 Å². The average Bonchev–Trinajstić information content (AvgIpc) is 2.28. The summed E-state index contributed by atoms with van der Waals surface area (Å²) in [7, 11) is 1.62. The van der Waals surface area contributed by atoms with Crippen molar-refractivity contribution in [2.75, 3.05) is 13.7 Å². The minimum absolute atomic E-state index is 0.148. The van der Waals surface area contributed by atoms with Crippen LogP contribution in [0, 0.1) is 6.92 Å². The van der Waals surface area contributed by atoms with Crippen LogP contribution in [-0.4, -0.2) is 18.8 Å². The van der Waals surface area contributed by atoms with Crippen molar-refractivity contribution < 1.29 is 9.84 Å². The summed E-state index contributed by atoms with van der Waals surface area (Å²) in [4.78, 5) is 0. The molecule has 3 N–H and O–H groups in total. The Balaban J connectivity index is 2.96. The molecule has 0 saturated heterocycles. The third kappa shape index (κ3) is 3.11. The summed E-state index contributed by atoms with van der Waals surface area (Å²) in [6.07, 6.45) is 1.39. The van der Waals surface area contributed by atoms with Crippen LogP contribution in [0.1, 0.15) is 30.0 Å². The van der Waals surface area contributed by atoms with E-state index < -0.39 is 0 Å². The number of halogens is 1. The summed E-state index contributed by atoms with van der Waals surface area (Å²) in [6, 6.07) is 3.58. The molecule has 0 heterocycles. The molecule has 0 aliphatic heterocycles. The molecule has 1 rings (SSSR count). The summed E-state index contributed by atoms with van der Waals surface area (Å²) in [5.74, 6) is 0.757. The zero-order valence-electron chi connectivity index (χ0n) is 9.66. The Morgan fingerprint density at radius 2 is 2.19 bits per heavy atom. The van der Waals surface area contributed by atoms with Crippen molar-refractivity contribution in [3.05, 3.63) is 28.3 Å². The van der Waals surface area contributed by atoms with Gasteiger partial charge in [0.05, 0.1) is 7.11 Å². The summed E-state index contributed by atoms with van der Waals surface area (Å²) in [5.41, 5.74) is 7.89. The second-order valence-electron chi connectivity index (χ2n) is 3.82. The summed E-state index contributed by atoms with van der Waals surface area (Å²) in [5, 5.41) is 9.46. The first-order chi connectivity index (χ1) is 7.60. The molecule has 16 heavy (non-hydrogen) atoms. The number of rotatable bonds is 5. The largest absolute Gasteiger partial charge is 0.496 e. The summed E-state index contributed by atoms with van der Waals surface area (Å²) in [6.45, 7) is 2.07. The minimum Gasteiger partial charge on any atom is -0.496 e. The van der Waals surface area contributed by atoms with Crippen molar-refractivity contribution in [3.63, 3.8) is 0 Å². The number of nitrogens with two attached hydrogens (primary N) is 1. The van der Waals surface area contributed by atoms with E-state index >= 15 is 0 Å². The zero-order chi connectivity index (χ0) is 12.1. The number of benzene rings is 1. The van der Waals surface area contributed by atoms with E-state index in [9.17, 15) is 0 Å². The molecule has 4 heteroatoms. The number of ether oxygens (including phenoxy) is 1. The SMILES string of the molecule is COc1cc(C)c(Cl)cc1C(N)CCCO. The van der Waals surface area contributed by atoms with Crippen molar-refractivity contribution in [3.8, 4) is 5.75 Å². The predicted molar refractivity (Wildman–Crippen MR) is 66.0 cm³/mol. The Bertz CT molecular complexity index is 355. The number of aliphatic hydroxyl groups excluding tert-OH is 1. The van der Waals surface area contributed by atoms with Gasteiger partial charge in [-0.1, -0.05) is 11.6 Å². The lowest BCUT2D eigenvalue weighted by atomic mass is 10.0. The van der Waals surface area contributed by atoms with Gasteiger partial charge in [-0.05, 0) is 37.5 Å². The van der Waals surface area contributed by atoms with Gasteiger partial charge in [0.1, 0.15) is 5.75 Å². The molecule has 1 aromatic rings. The Morgan fingerprint density at radius 1 is 1.50 bits per heavy atom. The lowest BCUT2D eigenvalue weighted by molar-refractivity contribution is 0.279. The first-order valence-electron chi connectivity index (χ1n) is 5.30. The maximum atomic E-state index is 8.77. The molecule has 0 radical (unpaired) electrons. The standard InChI is InChI=1S/C12H18ClNO2/c1-8-6-12(16-2)9(7-10(8)13)11(14)4-3-5-15/h6-7,11,15H,3-5,14H2,1-2H3. The number of hydrogen-bond donors (Lipinski definition) is 2. The van der Waals surface area contributed by atoms with Crippen molar-refractivity contribution in [1.82, 2.24) is 0 Å². The zero-order valence-corrected chi connectivity index (χ0v) is 10.4. The van der Waals surface area contributed by atoms with Gasteiger partial charge in [-0.25, -0.2) is 0 Å². The highest BCUT2D eigenvalue weighted by molar-refractivity contribution is 6.31. The van der Waals surface area contributed by atoms with Crippen LogP contribution in [0.25, 0.3) is 0 Å². The van der Waals surface area contributed by atoms with E-state index in [0.717, 1.165) is 16.9 Å². The third-order valence-electron chi connectivity index (χ3n) is 2.58. The predicted octanol–water partition coefficient (Wildman–Crippen LogP) is 2.43. The fourth-order valence-corrected chi connectivity index (χ4v) is 1.78. The molecular formula is C12H18ClNO2. The molecule has 0 bridgehead atoms. The van der Waals surface area contributed by atoms with Crippen molar-refractivity contribution in [2.45, 2.75) is 25.8 Å². The second kappa shape index (κ2) is 6.09. The normalized spacial score (nSPS) is 12.6. The van der Waals surface area contributed by atoms with E-state index in [-0.39, 0.29) is 12.6 Å². The smallest absolute Gasteiger partial charge is 0.123 e. The molecule has 0 aromatic heterocycles. The van der Waals surface area contributed by atoms with Gasteiger partial charge in [-0.15, -0.1) is 0 Å². The van der Waals surface area contributed by atoms with Gasteiger partial charge in [-0.3, -0.25) is 0 Å². The lowest BCUT2D eigenvalue weighted by Crippen LogP contribution is -2.12. The minimum atomic E-state index is -0.153. The number of aliphatic hydroxyl groups is 1. The molecular weight excluding hydrogens is 226 g/mol. The molecule has 90 valence electrons. The molecule has 0 amide bonds. The van der Waals surface area contributed by atoms with E-state index in [2.05, 4.69) is 0 Å². The highest BCUT2D eigenvalue weighted by atomic mass is 35.5. The van der Waals surface area contributed by atoms with E-state index in [1.54, 1.807) is 7.11 Å². The van der Waals surface area contributed by atoms with E-state index in [4.69, 9.17) is 27.2 Å². The van der Waals surface area contributed by atoms with Gasteiger partial charge in [-0.2, -0.15) is 0 Å². The van der Waals surface area contributed by atoms with Crippen molar-refractivity contribution >= 4 is 11.6 Å². The van der Waals surface area contributed by atoms with Gasteiger partial charge in [0.25, 0.3) is 0 Å². The molecule has 0 aliphatic rings. The Labute approximate surface area is 101 Å². The van der Waals surface area contributed by atoms with E-state index in [1.807, 2.05) is 19.1 Å². The van der Waals surface area contributed by atoms with Crippen LogP contribution in [0.3, 0.4) is 0 Å². The van der Waals surface area contributed by atoms with Crippen molar-refractivity contribution in [1.29, 1.82) is 0 Å². The van der Waals surface area contributed by atoms with Gasteiger partial charge in [0.15, 0.2) is 0 Å². The summed E-state index contributed by atoms with van der Waals surface area (Å²) >= 11 is 6.06. The van der Waals surface area contributed by atoms with Crippen LogP contribution in [0.15, 0.2) is 12.1 Å². The van der Waals surface area contributed by atoms with Gasteiger partial charge in [0, 0.05) is 23.2 Å². The van der Waals surface area contributed by atoms with Crippen LogP contribution in [0.4, 0.5) is 0 Å². The van der Waals surface area contributed by atoms with E-state index in [0.29, 0.717) is 17.9 Å². The third-order valence-corrected chi connectivity index (χ3v) is 2.99. The second-order valence-corrected chi connectivity index (χ2v) is 4.22. The quantitative estimate of drug-likeness (QED) is 0.835. The Hall–Kier alpha value is -0.770. The molecule has 0 spiro atoms. The van der Waals surface area contributed by atoms with Crippen LogP contribution in [-0.2, 0) is 0 Å². The topological polar surface area (TPSA) is 55.5 Å². The van der Waals surface area contributed by atoms with Crippen molar-refractivity contribution in [2.24, 2.45) is 5.73 Å². The fourth-order valence-electron chi connectivity index (χ4n) is 1.60. The number of hydrogen-bond acceptors (Lipinski definition) is 3. The molecule has 1 unspecified atom stereocenters. The molecule has 1 atom stereocenters. The molecule has 0 fully saturated rings. The van der Waals surface area contributed by atoms with Crippen LogP contribution < -0.4 is 10.5 Å².